The molecule has 33 heavy (non-hydrogen) atoms. The van der Waals surface area contributed by atoms with Crippen molar-refractivity contribution in [2.75, 3.05) is 5.32 Å². The van der Waals surface area contributed by atoms with Gasteiger partial charge in [-0.3, -0.25) is 29.7 Å². The Kier molecular flexibility index (Phi) is 5.29. The van der Waals surface area contributed by atoms with Gasteiger partial charge in [0, 0.05) is 36.6 Å². The predicted molar refractivity (Wildman–Crippen MR) is 117 cm³/mol. The topological polar surface area (TPSA) is 163 Å². The maximum Gasteiger partial charge on any atom is 0.281 e. The molecule has 1 amide bonds. The van der Waals surface area contributed by atoms with Crippen LogP contribution in [0.15, 0.2) is 36.8 Å². The fourth-order valence-corrected chi connectivity index (χ4v) is 3.52. The Morgan fingerprint density at radius 3 is 2.39 bits per heavy atom. The molecule has 0 fully saturated rings. The van der Waals surface area contributed by atoms with Crippen molar-refractivity contribution >= 4 is 28.6 Å². The van der Waals surface area contributed by atoms with Gasteiger partial charge in [0.2, 0.25) is 0 Å². The minimum absolute atomic E-state index is 0.0837. The summed E-state index contributed by atoms with van der Waals surface area (Å²) in [5, 5.41) is 33.8. The average Bonchev–Trinajstić information content (AvgIpc) is 3.37. The van der Waals surface area contributed by atoms with Crippen LogP contribution in [0.1, 0.15) is 28.5 Å². The maximum atomic E-state index is 12.9. The van der Waals surface area contributed by atoms with E-state index in [1.807, 2.05) is 20.0 Å². The van der Waals surface area contributed by atoms with E-state index in [-0.39, 0.29) is 22.5 Å². The molecule has 168 valence electrons. The van der Waals surface area contributed by atoms with E-state index in [1.54, 1.807) is 10.7 Å². The van der Waals surface area contributed by atoms with Crippen molar-refractivity contribution < 1.29 is 14.6 Å². The van der Waals surface area contributed by atoms with E-state index in [0.717, 1.165) is 23.4 Å². The van der Waals surface area contributed by atoms with Crippen molar-refractivity contribution in [2.45, 2.75) is 27.3 Å². The van der Waals surface area contributed by atoms with Crippen molar-refractivity contribution in [1.82, 2.24) is 24.4 Å². The van der Waals surface area contributed by atoms with E-state index in [0.29, 0.717) is 12.2 Å². The summed E-state index contributed by atoms with van der Waals surface area (Å²) in [6.45, 7) is 5.80. The van der Waals surface area contributed by atoms with Crippen LogP contribution < -0.4 is 5.32 Å². The minimum atomic E-state index is -0.736. The van der Waals surface area contributed by atoms with Gasteiger partial charge in [0.05, 0.1) is 33.1 Å². The molecule has 13 heteroatoms. The van der Waals surface area contributed by atoms with Crippen LogP contribution >= 0.6 is 0 Å². The molecule has 3 heterocycles. The second-order valence-electron chi connectivity index (χ2n) is 7.22. The molecular weight excluding hydrogens is 432 g/mol. The number of aromatic nitrogens is 5. The van der Waals surface area contributed by atoms with Crippen LogP contribution in [0.2, 0.25) is 0 Å². The summed E-state index contributed by atoms with van der Waals surface area (Å²) in [6.07, 6.45) is 4.72. The number of hydrogen-bond donors (Lipinski definition) is 1. The van der Waals surface area contributed by atoms with Crippen LogP contribution in [0.4, 0.5) is 17.1 Å². The summed E-state index contributed by atoms with van der Waals surface area (Å²) in [6, 6.07) is 3.90. The number of rotatable bonds is 6. The number of carbonyl (C=O) groups excluding carboxylic acids is 1. The Balaban J connectivity index is 1.74. The molecule has 4 aromatic rings. The molecule has 0 aliphatic heterocycles. The zero-order chi connectivity index (χ0) is 23.9. The lowest BCUT2D eigenvalue weighted by atomic mass is 10.1. The Labute approximate surface area is 186 Å². The number of fused-ring (bicyclic) bond motifs is 1. The molecule has 0 radical (unpaired) electrons. The van der Waals surface area contributed by atoms with Crippen molar-refractivity contribution in [2.24, 2.45) is 0 Å². The summed E-state index contributed by atoms with van der Waals surface area (Å²) >= 11 is 0. The molecule has 0 atom stereocenters. The van der Waals surface area contributed by atoms with E-state index >= 15 is 0 Å². The first kappa shape index (κ1) is 21.5. The fourth-order valence-electron chi connectivity index (χ4n) is 3.52. The van der Waals surface area contributed by atoms with Gasteiger partial charge < -0.3 is 5.32 Å². The van der Waals surface area contributed by atoms with Gasteiger partial charge in [0.1, 0.15) is 11.1 Å². The zero-order valence-corrected chi connectivity index (χ0v) is 17.8. The van der Waals surface area contributed by atoms with Gasteiger partial charge in [-0.25, -0.2) is 9.50 Å². The van der Waals surface area contributed by atoms with Gasteiger partial charge in [0.15, 0.2) is 5.65 Å². The quantitative estimate of drug-likeness (QED) is 0.345. The lowest BCUT2D eigenvalue weighted by molar-refractivity contribution is -0.395. The molecule has 0 aliphatic carbocycles. The predicted octanol–water partition coefficient (Wildman–Crippen LogP) is 3.30. The lowest BCUT2D eigenvalue weighted by Crippen LogP contribution is -2.13. The number of benzene rings is 1. The number of hydrogen-bond acceptors (Lipinski definition) is 8. The number of nitrogens with zero attached hydrogens (tertiary/aromatic N) is 7. The van der Waals surface area contributed by atoms with Crippen molar-refractivity contribution in [3.05, 3.63) is 73.8 Å². The Bertz CT molecular complexity index is 1400. The highest BCUT2D eigenvalue weighted by atomic mass is 16.6. The average molecular weight is 450 g/mol. The van der Waals surface area contributed by atoms with Crippen LogP contribution in [-0.4, -0.2) is 40.1 Å². The SMILES string of the molecule is CCn1cc(-c2ccnc3c(C(=O)Nc4cc([N+](=O)[O-])c(C)c([N+](=O)[O-])c4)cnn23)c(C)n1. The van der Waals surface area contributed by atoms with Crippen LogP contribution in [0, 0.1) is 34.1 Å². The van der Waals surface area contributed by atoms with Gasteiger partial charge in [0.25, 0.3) is 17.3 Å². The first-order valence-corrected chi connectivity index (χ1v) is 9.83. The maximum absolute atomic E-state index is 12.9. The Morgan fingerprint density at radius 1 is 1.15 bits per heavy atom. The molecule has 0 spiro atoms. The molecule has 0 unspecified atom stereocenters. The molecule has 3 aromatic heterocycles. The van der Waals surface area contributed by atoms with E-state index in [1.165, 1.54) is 23.8 Å². The highest BCUT2D eigenvalue weighted by molar-refractivity contribution is 6.08. The Hall–Kier alpha value is -4.68. The van der Waals surface area contributed by atoms with Gasteiger partial charge in [-0.2, -0.15) is 10.2 Å². The molecule has 1 N–H and O–H groups in total. The summed E-state index contributed by atoms with van der Waals surface area (Å²) in [5.41, 5.74) is 1.51. The number of carbonyl (C=O) groups is 1. The smallest absolute Gasteiger partial charge is 0.281 e. The molecule has 4 rings (SSSR count). The summed E-state index contributed by atoms with van der Waals surface area (Å²) < 4.78 is 3.28. The standard InChI is InChI=1S/C20H18N8O5/c1-4-25-10-15(12(3)24-25)16-5-6-21-19-14(9-22-26(16)19)20(29)23-13-7-17(27(30)31)11(2)18(8-13)28(32)33/h5-10H,4H2,1-3H3,(H,23,29). The summed E-state index contributed by atoms with van der Waals surface area (Å²) in [7, 11) is 0. The van der Waals surface area contributed by atoms with Crippen molar-refractivity contribution in [3.63, 3.8) is 0 Å². The molecular formula is C20H18N8O5. The number of nitrogens with one attached hydrogen (secondary N) is 1. The molecule has 0 saturated carbocycles. The van der Waals surface area contributed by atoms with E-state index < -0.39 is 27.1 Å². The largest absolute Gasteiger partial charge is 0.321 e. The van der Waals surface area contributed by atoms with E-state index in [4.69, 9.17) is 0 Å². The van der Waals surface area contributed by atoms with Gasteiger partial charge in [-0.05, 0) is 26.8 Å². The third kappa shape index (κ3) is 3.75. The number of amides is 1. The van der Waals surface area contributed by atoms with Crippen LogP contribution in [0.25, 0.3) is 16.9 Å². The molecule has 0 bridgehead atoms. The second-order valence-corrected chi connectivity index (χ2v) is 7.22. The van der Waals surface area contributed by atoms with Crippen LogP contribution in [-0.2, 0) is 6.54 Å². The number of aryl methyl sites for hydroxylation is 2. The normalized spacial score (nSPS) is 11.0. The Morgan fingerprint density at radius 2 is 1.82 bits per heavy atom. The fraction of sp³-hybridized carbons (Fsp3) is 0.200. The summed E-state index contributed by atoms with van der Waals surface area (Å²) in [4.78, 5) is 38.3. The minimum Gasteiger partial charge on any atom is -0.321 e. The highest BCUT2D eigenvalue weighted by Gasteiger charge is 2.25. The van der Waals surface area contributed by atoms with Crippen LogP contribution in [0.5, 0.6) is 0 Å². The van der Waals surface area contributed by atoms with Gasteiger partial charge in [-0.1, -0.05) is 0 Å². The third-order valence-electron chi connectivity index (χ3n) is 5.20. The lowest BCUT2D eigenvalue weighted by Gasteiger charge is -2.07. The van der Waals surface area contributed by atoms with E-state index in [2.05, 4.69) is 20.5 Å². The zero-order valence-electron chi connectivity index (χ0n) is 17.8. The van der Waals surface area contributed by atoms with E-state index in [9.17, 15) is 25.0 Å². The van der Waals surface area contributed by atoms with Crippen molar-refractivity contribution in [1.29, 1.82) is 0 Å². The number of nitro benzene ring substituents is 2. The van der Waals surface area contributed by atoms with Crippen molar-refractivity contribution in [3.8, 4) is 11.3 Å². The molecule has 13 nitrogen and oxygen atoms in total. The number of anilines is 1. The van der Waals surface area contributed by atoms with Gasteiger partial charge >= 0.3 is 0 Å². The first-order valence-electron chi connectivity index (χ1n) is 9.83. The van der Waals surface area contributed by atoms with Gasteiger partial charge in [-0.15, -0.1) is 0 Å². The second kappa shape index (κ2) is 8.11. The molecule has 1 aromatic carbocycles. The molecule has 0 aliphatic rings. The third-order valence-corrected chi connectivity index (χ3v) is 5.20. The summed E-state index contributed by atoms with van der Waals surface area (Å²) in [5.74, 6) is -0.664. The molecule has 0 saturated heterocycles. The first-order chi connectivity index (χ1) is 15.7. The highest BCUT2D eigenvalue weighted by Crippen LogP contribution is 2.32. The number of nitro groups is 2. The van der Waals surface area contributed by atoms with Crippen LogP contribution in [0.3, 0.4) is 0 Å². The monoisotopic (exact) mass is 450 g/mol.